The zero-order valence-electron chi connectivity index (χ0n) is 15.1. The Kier molecular flexibility index (Phi) is 5.88. The number of ether oxygens (including phenoxy) is 1. The molecule has 0 aliphatic carbocycles. The molecular formula is C18H17ClF3N3O3. The van der Waals surface area contributed by atoms with Crippen molar-refractivity contribution >= 4 is 34.9 Å². The Labute approximate surface area is 163 Å². The molecule has 150 valence electrons. The van der Waals surface area contributed by atoms with Crippen molar-refractivity contribution in [2.75, 3.05) is 11.1 Å². The Morgan fingerprint density at radius 2 is 1.86 bits per heavy atom. The monoisotopic (exact) mass is 415 g/mol. The summed E-state index contributed by atoms with van der Waals surface area (Å²) < 4.78 is 42.7. The molecule has 1 aromatic heterocycles. The Morgan fingerprint density at radius 1 is 1.21 bits per heavy atom. The van der Waals surface area contributed by atoms with Crippen LogP contribution in [0.4, 0.5) is 24.5 Å². The number of nitrogens with one attached hydrogen (secondary N) is 1. The average molecular weight is 416 g/mol. The van der Waals surface area contributed by atoms with Gasteiger partial charge in [-0.2, -0.15) is 13.2 Å². The Balaban J connectivity index is 2.48. The maximum absolute atomic E-state index is 12.7. The number of nitrogen functional groups attached to an aromatic ring is 1. The van der Waals surface area contributed by atoms with Crippen LogP contribution in [0.25, 0.3) is 0 Å². The van der Waals surface area contributed by atoms with Crippen LogP contribution in [0.2, 0.25) is 5.15 Å². The van der Waals surface area contributed by atoms with Crippen molar-refractivity contribution in [2.45, 2.75) is 32.4 Å². The van der Waals surface area contributed by atoms with Gasteiger partial charge in [0.1, 0.15) is 5.75 Å². The lowest BCUT2D eigenvalue weighted by molar-refractivity contribution is -0.189. The summed E-state index contributed by atoms with van der Waals surface area (Å²) in [7, 11) is 0. The molecule has 0 unspecified atom stereocenters. The van der Waals surface area contributed by atoms with Gasteiger partial charge in [0.05, 0.1) is 23.1 Å². The van der Waals surface area contributed by atoms with Crippen LogP contribution in [0.1, 0.15) is 36.7 Å². The number of esters is 1. The predicted octanol–water partition coefficient (Wildman–Crippen LogP) is 4.33. The van der Waals surface area contributed by atoms with E-state index in [0.717, 1.165) is 0 Å². The van der Waals surface area contributed by atoms with Crippen molar-refractivity contribution in [3.63, 3.8) is 0 Å². The lowest BCUT2D eigenvalue weighted by Crippen LogP contribution is -2.30. The van der Waals surface area contributed by atoms with E-state index in [4.69, 9.17) is 17.3 Å². The molecule has 0 aliphatic heterocycles. The lowest BCUT2D eigenvalue weighted by Gasteiger charge is -2.24. The molecule has 2 rings (SSSR count). The van der Waals surface area contributed by atoms with E-state index in [1.165, 1.54) is 30.5 Å². The Hall–Kier alpha value is -2.81. The molecule has 0 spiro atoms. The maximum Gasteiger partial charge on any atom is 0.491 e. The minimum Gasteiger partial charge on any atom is -0.419 e. The number of benzene rings is 1. The summed E-state index contributed by atoms with van der Waals surface area (Å²) in [6, 6.07) is 5.55. The number of hydrogen-bond acceptors (Lipinski definition) is 5. The zero-order valence-corrected chi connectivity index (χ0v) is 15.9. The summed E-state index contributed by atoms with van der Waals surface area (Å²) in [6.45, 7) is 5.12. The molecule has 1 aromatic carbocycles. The smallest absolute Gasteiger partial charge is 0.419 e. The molecule has 28 heavy (non-hydrogen) atoms. The van der Waals surface area contributed by atoms with E-state index >= 15 is 0 Å². The average Bonchev–Trinajstić information content (AvgIpc) is 2.56. The van der Waals surface area contributed by atoms with Gasteiger partial charge < -0.3 is 15.8 Å². The Bertz CT molecular complexity index is 925. The van der Waals surface area contributed by atoms with Gasteiger partial charge in [-0.25, -0.2) is 9.78 Å². The fraction of sp³-hybridized carbons (Fsp3) is 0.278. The van der Waals surface area contributed by atoms with E-state index in [2.05, 4.69) is 15.0 Å². The number of aromatic nitrogens is 1. The predicted molar refractivity (Wildman–Crippen MR) is 98.4 cm³/mol. The normalized spacial score (nSPS) is 11.8. The molecule has 3 N–H and O–H groups in total. The number of halogens is 4. The molecule has 2 aromatic rings. The highest BCUT2D eigenvalue weighted by atomic mass is 35.5. The number of pyridine rings is 1. The summed E-state index contributed by atoms with van der Waals surface area (Å²) in [5.74, 6) is -3.69. The SMILES string of the molecule is CC(C)(C)c1cccc(C(=O)Nc2cnc(Cl)c(N)c2)c1OC(=O)C(F)(F)F. The first-order chi connectivity index (χ1) is 12.8. The van der Waals surface area contributed by atoms with Crippen molar-refractivity contribution < 1.29 is 27.5 Å². The van der Waals surface area contributed by atoms with Gasteiger partial charge in [-0.05, 0) is 17.5 Å². The second-order valence-corrected chi connectivity index (χ2v) is 7.24. The largest absolute Gasteiger partial charge is 0.491 e. The van der Waals surface area contributed by atoms with Crippen molar-refractivity contribution in [3.05, 3.63) is 46.7 Å². The molecule has 0 aliphatic rings. The first kappa shape index (κ1) is 21.5. The highest BCUT2D eigenvalue weighted by molar-refractivity contribution is 6.31. The molecule has 0 saturated heterocycles. The summed E-state index contributed by atoms with van der Waals surface area (Å²) in [4.78, 5) is 27.8. The third-order valence-electron chi connectivity index (χ3n) is 3.62. The van der Waals surface area contributed by atoms with Gasteiger partial charge >= 0.3 is 12.1 Å². The third-order valence-corrected chi connectivity index (χ3v) is 3.93. The van der Waals surface area contributed by atoms with Gasteiger partial charge in [0, 0.05) is 5.56 Å². The van der Waals surface area contributed by atoms with Crippen LogP contribution < -0.4 is 15.8 Å². The second kappa shape index (κ2) is 7.67. The van der Waals surface area contributed by atoms with E-state index < -0.39 is 29.2 Å². The second-order valence-electron chi connectivity index (χ2n) is 6.88. The number of alkyl halides is 3. The van der Waals surface area contributed by atoms with Crippen LogP contribution >= 0.6 is 11.6 Å². The van der Waals surface area contributed by atoms with Crippen LogP contribution in [0.15, 0.2) is 30.5 Å². The summed E-state index contributed by atoms with van der Waals surface area (Å²) in [6.07, 6.45) is -3.99. The number of amides is 1. The maximum atomic E-state index is 12.7. The molecule has 0 fully saturated rings. The van der Waals surface area contributed by atoms with Crippen molar-refractivity contribution in [3.8, 4) is 5.75 Å². The molecular weight excluding hydrogens is 399 g/mol. The molecule has 10 heteroatoms. The molecule has 0 bridgehead atoms. The number of carbonyl (C=O) groups is 2. The van der Waals surface area contributed by atoms with Gasteiger partial charge in [0.25, 0.3) is 5.91 Å². The van der Waals surface area contributed by atoms with Gasteiger partial charge in [-0.15, -0.1) is 0 Å². The van der Waals surface area contributed by atoms with E-state index in [1.54, 1.807) is 20.8 Å². The fourth-order valence-electron chi connectivity index (χ4n) is 2.30. The fourth-order valence-corrected chi connectivity index (χ4v) is 2.40. The summed E-state index contributed by atoms with van der Waals surface area (Å²) in [5, 5.41) is 2.48. The van der Waals surface area contributed by atoms with Crippen LogP contribution in [0, 0.1) is 0 Å². The Morgan fingerprint density at radius 3 is 2.39 bits per heavy atom. The van der Waals surface area contributed by atoms with Crippen LogP contribution in [0.5, 0.6) is 5.75 Å². The molecule has 0 atom stereocenters. The van der Waals surface area contributed by atoms with E-state index in [1.807, 2.05) is 0 Å². The van der Waals surface area contributed by atoms with Crippen LogP contribution in [-0.2, 0) is 10.2 Å². The minimum atomic E-state index is -5.21. The van der Waals surface area contributed by atoms with Crippen molar-refractivity contribution in [1.82, 2.24) is 4.98 Å². The number of para-hydroxylation sites is 1. The topological polar surface area (TPSA) is 94.3 Å². The number of nitrogens with zero attached hydrogens (tertiary/aromatic N) is 1. The van der Waals surface area contributed by atoms with E-state index in [0.29, 0.717) is 0 Å². The number of nitrogens with two attached hydrogens (primary N) is 1. The van der Waals surface area contributed by atoms with Crippen molar-refractivity contribution in [2.24, 2.45) is 0 Å². The standard InChI is InChI=1S/C18H17ClF3N3O3/c1-17(2,3)11-6-4-5-10(13(11)28-16(27)18(20,21)22)15(26)25-9-7-12(23)14(19)24-8-9/h4-8H,23H2,1-3H3,(H,25,26). The molecule has 0 radical (unpaired) electrons. The van der Waals surface area contributed by atoms with E-state index in [9.17, 15) is 22.8 Å². The van der Waals surface area contributed by atoms with Gasteiger partial charge in [0.2, 0.25) is 0 Å². The third kappa shape index (κ3) is 4.92. The van der Waals surface area contributed by atoms with Crippen LogP contribution in [0.3, 0.4) is 0 Å². The minimum absolute atomic E-state index is 0.0347. The first-order valence-electron chi connectivity index (χ1n) is 7.95. The van der Waals surface area contributed by atoms with Gasteiger partial charge in [-0.1, -0.05) is 44.5 Å². The molecule has 6 nitrogen and oxygen atoms in total. The first-order valence-corrected chi connectivity index (χ1v) is 8.33. The molecule has 1 heterocycles. The number of carbonyl (C=O) groups excluding carboxylic acids is 2. The highest BCUT2D eigenvalue weighted by Gasteiger charge is 2.42. The highest BCUT2D eigenvalue weighted by Crippen LogP contribution is 2.36. The molecule has 0 saturated carbocycles. The van der Waals surface area contributed by atoms with Crippen LogP contribution in [-0.4, -0.2) is 23.0 Å². The van der Waals surface area contributed by atoms with Gasteiger partial charge in [-0.3, -0.25) is 4.79 Å². The van der Waals surface area contributed by atoms with E-state index in [-0.39, 0.29) is 27.7 Å². The number of anilines is 2. The lowest BCUT2D eigenvalue weighted by atomic mass is 9.85. The summed E-state index contributed by atoms with van der Waals surface area (Å²) >= 11 is 5.72. The number of rotatable bonds is 3. The van der Waals surface area contributed by atoms with Crippen molar-refractivity contribution in [1.29, 1.82) is 0 Å². The summed E-state index contributed by atoms with van der Waals surface area (Å²) in [5.41, 5.74) is 5.19. The van der Waals surface area contributed by atoms with Gasteiger partial charge in [0.15, 0.2) is 5.15 Å². The quantitative estimate of drug-likeness (QED) is 0.442. The zero-order chi connectivity index (χ0) is 21.3. The number of hydrogen-bond donors (Lipinski definition) is 2. The molecule has 1 amide bonds.